The summed E-state index contributed by atoms with van der Waals surface area (Å²) in [6, 6.07) is 6.94. The van der Waals surface area contributed by atoms with Gasteiger partial charge in [-0.05, 0) is 24.6 Å². The Hall–Kier alpha value is -1.78. The van der Waals surface area contributed by atoms with Crippen molar-refractivity contribution in [3.05, 3.63) is 50.2 Å². The molecule has 0 aliphatic rings. The van der Waals surface area contributed by atoms with Gasteiger partial charge in [0.1, 0.15) is 5.65 Å². The highest BCUT2D eigenvalue weighted by atomic mass is 35.5. The zero-order valence-electron chi connectivity index (χ0n) is 11.8. The van der Waals surface area contributed by atoms with Gasteiger partial charge in [-0.1, -0.05) is 29.3 Å². The lowest BCUT2D eigenvalue weighted by Crippen LogP contribution is -2.10. The molecule has 6 heteroatoms. The monoisotopic (exact) mass is 321 g/mol. The van der Waals surface area contributed by atoms with Crippen LogP contribution in [0.15, 0.2) is 29.1 Å². The van der Waals surface area contributed by atoms with Gasteiger partial charge in [-0.25, -0.2) is 0 Å². The number of aromatic nitrogens is 3. The van der Waals surface area contributed by atoms with E-state index < -0.39 is 0 Å². The molecule has 3 aromatic rings. The van der Waals surface area contributed by atoms with E-state index in [2.05, 4.69) is 5.10 Å². The van der Waals surface area contributed by atoms with Crippen molar-refractivity contribution in [3.8, 4) is 11.3 Å². The molecule has 0 spiro atoms. The lowest BCUT2D eigenvalue weighted by Gasteiger charge is -2.12. The molecule has 21 heavy (non-hydrogen) atoms. The summed E-state index contributed by atoms with van der Waals surface area (Å²) in [7, 11) is 3.73. The van der Waals surface area contributed by atoms with Gasteiger partial charge in [-0.3, -0.25) is 9.48 Å². The first-order valence-electron chi connectivity index (χ1n) is 6.39. The van der Waals surface area contributed by atoms with Gasteiger partial charge in [-0.2, -0.15) is 5.10 Å². The van der Waals surface area contributed by atoms with E-state index in [1.165, 1.54) is 0 Å². The number of hydrogen-bond acceptors (Lipinski definition) is 2. The molecule has 108 valence electrons. The summed E-state index contributed by atoms with van der Waals surface area (Å²) in [5.41, 5.74) is 3.07. The van der Waals surface area contributed by atoms with Crippen LogP contribution in [0.3, 0.4) is 0 Å². The number of nitrogens with zero attached hydrogens (tertiary/aromatic N) is 3. The third kappa shape index (κ3) is 2.15. The molecule has 0 saturated heterocycles. The molecule has 0 aliphatic carbocycles. The SMILES string of the molecule is Cc1nn(C)c2c1c(=O)cc(-c1ccc(Cl)c(Cl)c1)n2C. The van der Waals surface area contributed by atoms with E-state index in [0.717, 1.165) is 22.6 Å². The first kappa shape index (κ1) is 14.2. The van der Waals surface area contributed by atoms with Gasteiger partial charge in [0.2, 0.25) is 0 Å². The molecular formula is C15H13Cl2N3O. The Balaban J connectivity index is 2.39. The van der Waals surface area contributed by atoms with Gasteiger partial charge in [0.15, 0.2) is 5.43 Å². The average molecular weight is 322 g/mol. The molecule has 0 unspecified atom stereocenters. The quantitative estimate of drug-likeness (QED) is 0.687. The second kappa shape index (κ2) is 4.90. The topological polar surface area (TPSA) is 39.8 Å². The molecule has 0 fully saturated rings. The van der Waals surface area contributed by atoms with E-state index in [0.29, 0.717) is 15.4 Å². The molecule has 1 aromatic carbocycles. The van der Waals surface area contributed by atoms with Crippen LogP contribution >= 0.6 is 23.2 Å². The molecule has 0 saturated carbocycles. The Labute approximate surface area is 131 Å². The van der Waals surface area contributed by atoms with Crippen molar-refractivity contribution in [2.75, 3.05) is 0 Å². The fourth-order valence-corrected chi connectivity index (χ4v) is 2.96. The minimum absolute atomic E-state index is 0.0465. The average Bonchev–Trinajstić information content (AvgIpc) is 2.73. The van der Waals surface area contributed by atoms with Crippen LogP contribution in [0.4, 0.5) is 0 Å². The second-order valence-electron chi connectivity index (χ2n) is 4.99. The Kier molecular flexibility index (Phi) is 3.30. The van der Waals surface area contributed by atoms with Crippen LogP contribution in [0.1, 0.15) is 5.69 Å². The Morgan fingerprint density at radius 1 is 1.10 bits per heavy atom. The predicted octanol–water partition coefficient (Wildman–Crippen LogP) is 3.55. The van der Waals surface area contributed by atoms with Crippen molar-refractivity contribution in [3.63, 3.8) is 0 Å². The van der Waals surface area contributed by atoms with E-state index in [9.17, 15) is 4.79 Å². The Morgan fingerprint density at radius 2 is 1.81 bits per heavy atom. The van der Waals surface area contributed by atoms with Gasteiger partial charge in [0.05, 0.1) is 26.8 Å². The Morgan fingerprint density at radius 3 is 2.48 bits per heavy atom. The number of aryl methyl sites for hydroxylation is 3. The maximum absolute atomic E-state index is 12.4. The highest BCUT2D eigenvalue weighted by molar-refractivity contribution is 6.42. The van der Waals surface area contributed by atoms with Gasteiger partial charge >= 0.3 is 0 Å². The van der Waals surface area contributed by atoms with Gasteiger partial charge < -0.3 is 4.57 Å². The van der Waals surface area contributed by atoms with Crippen LogP contribution in [0, 0.1) is 6.92 Å². The molecule has 0 atom stereocenters. The summed E-state index contributed by atoms with van der Waals surface area (Å²) in [5, 5.41) is 5.92. The zero-order chi connectivity index (χ0) is 15.3. The summed E-state index contributed by atoms with van der Waals surface area (Å²) in [6.07, 6.45) is 0. The summed E-state index contributed by atoms with van der Waals surface area (Å²) in [5.74, 6) is 0. The molecule has 3 rings (SSSR count). The first-order valence-corrected chi connectivity index (χ1v) is 7.14. The molecule has 0 bridgehead atoms. The van der Waals surface area contributed by atoms with Crippen molar-refractivity contribution in [1.29, 1.82) is 0 Å². The summed E-state index contributed by atoms with van der Waals surface area (Å²) in [4.78, 5) is 12.4. The van der Waals surface area contributed by atoms with E-state index in [1.807, 2.05) is 31.7 Å². The highest BCUT2D eigenvalue weighted by Crippen LogP contribution is 2.29. The third-order valence-corrected chi connectivity index (χ3v) is 4.34. The fourth-order valence-electron chi connectivity index (χ4n) is 2.66. The van der Waals surface area contributed by atoms with Gasteiger partial charge in [-0.15, -0.1) is 0 Å². The van der Waals surface area contributed by atoms with Gasteiger partial charge in [0, 0.05) is 20.2 Å². The number of fused-ring (bicyclic) bond motifs is 1. The summed E-state index contributed by atoms with van der Waals surface area (Å²) in [6.45, 7) is 1.84. The summed E-state index contributed by atoms with van der Waals surface area (Å²) >= 11 is 12.0. The second-order valence-corrected chi connectivity index (χ2v) is 5.80. The molecule has 0 radical (unpaired) electrons. The van der Waals surface area contributed by atoms with E-state index >= 15 is 0 Å². The molecule has 2 aromatic heterocycles. The third-order valence-electron chi connectivity index (χ3n) is 3.60. The zero-order valence-corrected chi connectivity index (χ0v) is 13.3. The normalized spacial score (nSPS) is 11.3. The smallest absolute Gasteiger partial charge is 0.193 e. The van der Waals surface area contributed by atoms with E-state index in [1.54, 1.807) is 22.9 Å². The molecule has 0 N–H and O–H groups in total. The highest BCUT2D eigenvalue weighted by Gasteiger charge is 2.15. The van der Waals surface area contributed by atoms with Crippen LogP contribution in [0.2, 0.25) is 10.0 Å². The van der Waals surface area contributed by atoms with Crippen molar-refractivity contribution in [2.45, 2.75) is 6.92 Å². The molecule has 2 heterocycles. The molecular weight excluding hydrogens is 309 g/mol. The maximum atomic E-state index is 12.4. The van der Waals surface area contributed by atoms with Crippen molar-refractivity contribution in [1.82, 2.24) is 14.3 Å². The number of hydrogen-bond donors (Lipinski definition) is 0. The van der Waals surface area contributed by atoms with Crippen LogP contribution in [0.25, 0.3) is 22.3 Å². The lowest BCUT2D eigenvalue weighted by atomic mass is 10.1. The molecule has 0 amide bonds. The molecule has 0 aliphatic heterocycles. The molecule has 4 nitrogen and oxygen atoms in total. The number of rotatable bonds is 1. The minimum Gasteiger partial charge on any atom is -0.328 e. The lowest BCUT2D eigenvalue weighted by molar-refractivity contribution is 0.749. The Bertz CT molecular complexity index is 925. The van der Waals surface area contributed by atoms with Crippen molar-refractivity contribution < 1.29 is 0 Å². The standard InChI is InChI=1S/C15H13Cl2N3O/c1-8-14-13(21)7-12(19(2)15(14)20(3)18-8)9-4-5-10(16)11(17)6-9/h4-7H,1-3H3. The first-order chi connectivity index (χ1) is 9.90. The largest absolute Gasteiger partial charge is 0.328 e. The van der Waals surface area contributed by atoms with Crippen molar-refractivity contribution in [2.24, 2.45) is 14.1 Å². The predicted molar refractivity (Wildman–Crippen MR) is 86.1 cm³/mol. The van der Waals surface area contributed by atoms with E-state index in [-0.39, 0.29) is 5.43 Å². The van der Waals surface area contributed by atoms with Crippen LogP contribution in [0.5, 0.6) is 0 Å². The number of benzene rings is 1. The summed E-state index contributed by atoms with van der Waals surface area (Å²) < 4.78 is 3.66. The number of pyridine rings is 1. The number of halogens is 2. The van der Waals surface area contributed by atoms with Crippen LogP contribution in [-0.2, 0) is 14.1 Å². The minimum atomic E-state index is -0.0465. The maximum Gasteiger partial charge on any atom is 0.193 e. The van der Waals surface area contributed by atoms with E-state index in [4.69, 9.17) is 23.2 Å². The van der Waals surface area contributed by atoms with Crippen molar-refractivity contribution >= 4 is 34.2 Å². The van der Waals surface area contributed by atoms with Crippen LogP contribution < -0.4 is 5.43 Å². The van der Waals surface area contributed by atoms with Gasteiger partial charge in [0.25, 0.3) is 0 Å². The van der Waals surface area contributed by atoms with Crippen LogP contribution in [-0.4, -0.2) is 14.3 Å². The fraction of sp³-hybridized carbons (Fsp3) is 0.200.